The normalized spacial score (nSPS) is 13.4. The largest absolute Gasteiger partial charge is 0.497 e. The predicted molar refractivity (Wildman–Crippen MR) is 142 cm³/mol. The van der Waals surface area contributed by atoms with Gasteiger partial charge < -0.3 is 19.9 Å². The number of nitrogens with zero attached hydrogens (tertiary/aromatic N) is 3. The Balaban J connectivity index is 1.28. The molecule has 188 valence electrons. The van der Waals surface area contributed by atoms with Crippen molar-refractivity contribution in [1.82, 2.24) is 15.2 Å². The number of hydrogen-bond acceptors (Lipinski definition) is 5. The molecule has 2 aromatic carbocycles. The van der Waals surface area contributed by atoms with E-state index >= 15 is 0 Å². The summed E-state index contributed by atoms with van der Waals surface area (Å²) in [6.45, 7) is 4.83. The Hall–Kier alpha value is -3.29. The zero-order valence-corrected chi connectivity index (χ0v) is 21.8. The molecule has 7 nitrogen and oxygen atoms in total. The van der Waals surface area contributed by atoms with E-state index < -0.39 is 0 Å². The third-order valence-electron chi connectivity index (χ3n) is 6.21. The van der Waals surface area contributed by atoms with E-state index in [1.807, 2.05) is 60.4 Å². The van der Waals surface area contributed by atoms with Crippen LogP contribution in [0.3, 0.4) is 0 Å². The molecule has 2 amide bonds. The number of nitrogens with one attached hydrogen (secondary N) is 1. The van der Waals surface area contributed by atoms with Gasteiger partial charge in [-0.2, -0.15) is 0 Å². The first-order chi connectivity index (χ1) is 17.3. The van der Waals surface area contributed by atoms with E-state index in [2.05, 4.69) is 15.2 Å². The van der Waals surface area contributed by atoms with Crippen LogP contribution in [0.25, 0.3) is 0 Å². The van der Waals surface area contributed by atoms with Crippen molar-refractivity contribution in [3.63, 3.8) is 0 Å². The molecule has 0 radical (unpaired) electrons. The second-order valence-electron chi connectivity index (χ2n) is 8.64. The van der Waals surface area contributed by atoms with Gasteiger partial charge in [-0.05, 0) is 55.0 Å². The highest BCUT2D eigenvalue weighted by atomic mass is 35.5. The van der Waals surface area contributed by atoms with E-state index in [1.54, 1.807) is 13.2 Å². The number of pyridine rings is 1. The fourth-order valence-electron chi connectivity index (χ4n) is 4.11. The van der Waals surface area contributed by atoms with Crippen molar-refractivity contribution in [2.45, 2.75) is 19.9 Å². The van der Waals surface area contributed by atoms with Crippen molar-refractivity contribution in [2.24, 2.45) is 0 Å². The second-order valence-corrected chi connectivity index (χ2v) is 9.40. The molecular weight excluding hydrogens is 499 g/mol. The number of carbonyl (C=O) groups excluding carboxylic acids is 2. The quantitative estimate of drug-likeness (QED) is 0.458. The van der Waals surface area contributed by atoms with Crippen LogP contribution in [0, 0.1) is 6.92 Å². The van der Waals surface area contributed by atoms with Crippen LogP contribution in [-0.2, 0) is 17.8 Å². The average molecular weight is 527 g/mol. The number of rotatable bonds is 7. The van der Waals surface area contributed by atoms with Crippen molar-refractivity contribution >= 4 is 40.7 Å². The van der Waals surface area contributed by atoms with Gasteiger partial charge in [0.1, 0.15) is 10.9 Å². The van der Waals surface area contributed by atoms with Gasteiger partial charge in [0.2, 0.25) is 5.91 Å². The maximum atomic E-state index is 12.8. The van der Waals surface area contributed by atoms with Crippen LogP contribution in [0.15, 0.2) is 54.6 Å². The summed E-state index contributed by atoms with van der Waals surface area (Å²) in [5.74, 6) is 0.631. The van der Waals surface area contributed by atoms with Crippen LogP contribution in [0.1, 0.15) is 27.2 Å². The summed E-state index contributed by atoms with van der Waals surface area (Å²) < 4.78 is 5.16. The van der Waals surface area contributed by atoms with E-state index in [4.69, 9.17) is 27.9 Å². The summed E-state index contributed by atoms with van der Waals surface area (Å²) in [4.78, 5) is 33.6. The van der Waals surface area contributed by atoms with Gasteiger partial charge >= 0.3 is 0 Å². The molecule has 1 fully saturated rings. The summed E-state index contributed by atoms with van der Waals surface area (Å²) in [6, 6.07) is 16.8. The van der Waals surface area contributed by atoms with E-state index in [9.17, 15) is 9.59 Å². The molecule has 0 bridgehead atoms. The number of methoxy groups -OCH3 is 1. The Morgan fingerprint density at radius 1 is 1.00 bits per heavy atom. The number of piperazine rings is 1. The van der Waals surface area contributed by atoms with Crippen LogP contribution in [0.2, 0.25) is 10.2 Å². The molecule has 9 heteroatoms. The molecule has 0 atom stereocenters. The molecule has 1 N–H and O–H groups in total. The molecule has 3 aromatic rings. The lowest BCUT2D eigenvalue weighted by molar-refractivity contribution is -0.130. The van der Waals surface area contributed by atoms with Crippen molar-refractivity contribution < 1.29 is 14.3 Å². The number of aryl methyl sites for hydroxylation is 1. The number of aromatic nitrogens is 1. The lowest BCUT2D eigenvalue weighted by Gasteiger charge is -2.36. The lowest BCUT2D eigenvalue weighted by atomic mass is 10.1. The number of benzene rings is 2. The smallest absolute Gasteiger partial charge is 0.251 e. The van der Waals surface area contributed by atoms with Crippen molar-refractivity contribution in [1.29, 1.82) is 0 Å². The van der Waals surface area contributed by atoms with Gasteiger partial charge in [-0.15, -0.1) is 0 Å². The third-order valence-corrected chi connectivity index (χ3v) is 6.86. The van der Waals surface area contributed by atoms with Crippen LogP contribution < -0.4 is 15.0 Å². The number of carbonyl (C=O) groups is 2. The Kier molecular flexibility index (Phi) is 8.33. The third kappa shape index (κ3) is 6.28. The van der Waals surface area contributed by atoms with Gasteiger partial charge in [0.05, 0.1) is 13.5 Å². The van der Waals surface area contributed by atoms with Crippen LogP contribution >= 0.6 is 23.2 Å². The van der Waals surface area contributed by atoms with Gasteiger partial charge in [0.25, 0.3) is 5.91 Å². The van der Waals surface area contributed by atoms with Crippen molar-refractivity contribution in [3.05, 3.63) is 87.2 Å². The number of amides is 2. The number of hydrogen-bond donors (Lipinski definition) is 1. The summed E-state index contributed by atoms with van der Waals surface area (Å²) in [5, 5.41) is 3.68. The van der Waals surface area contributed by atoms with Crippen molar-refractivity contribution in [2.75, 3.05) is 38.2 Å². The molecule has 1 aliphatic rings. The Morgan fingerprint density at radius 3 is 2.28 bits per heavy atom. The van der Waals surface area contributed by atoms with Crippen LogP contribution in [-0.4, -0.2) is 55.0 Å². The molecule has 1 saturated heterocycles. The predicted octanol–water partition coefficient (Wildman–Crippen LogP) is 4.53. The molecule has 0 aliphatic carbocycles. The first kappa shape index (κ1) is 25.8. The van der Waals surface area contributed by atoms with Crippen molar-refractivity contribution in [3.8, 4) is 5.75 Å². The zero-order valence-electron chi connectivity index (χ0n) is 20.3. The summed E-state index contributed by atoms with van der Waals surface area (Å²) in [6.07, 6.45) is 0.130. The number of halogens is 2. The van der Waals surface area contributed by atoms with Crippen LogP contribution in [0.5, 0.6) is 5.75 Å². The standard InChI is InChI=1S/C27H28Cl2N4O3/c1-18-15-24(28)23(26(29)31-18)16-25(34)33-13-11-32(12-14-33)21-7-5-20(6-8-21)27(35)30-17-19-3-9-22(36-2)10-4-19/h3-10,15H,11-14,16-17H2,1-2H3,(H,30,35). The van der Waals surface area contributed by atoms with Gasteiger partial charge in [-0.3, -0.25) is 9.59 Å². The molecule has 0 saturated carbocycles. The first-order valence-electron chi connectivity index (χ1n) is 11.7. The highest BCUT2D eigenvalue weighted by Gasteiger charge is 2.23. The maximum absolute atomic E-state index is 12.8. The van der Waals surface area contributed by atoms with Gasteiger partial charge in [-0.25, -0.2) is 4.98 Å². The van der Waals surface area contributed by atoms with Crippen LogP contribution in [0.4, 0.5) is 5.69 Å². The number of ether oxygens (including phenoxy) is 1. The Morgan fingerprint density at radius 2 is 1.67 bits per heavy atom. The minimum absolute atomic E-state index is 0.0204. The van der Waals surface area contributed by atoms with Gasteiger partial charge in [0.15, 0.2) is 0 Å². The summed E-state index contributed by atoms with van der Waals surface area (Å²) in [5.41, 5.74) is 3.90. The summed E-state index contributed by atoms with van der Waals surface area (Å²) >= 11 is 12.5. The second kappa shape index (κ2) is 11.6. The molecule has 36 heavy (non-hydrogen) atoms. The molecule has 4 rings (SSSR count). The monoisotopic (exact) mass is 526 g/mol. The zero-order chi connectivity index (χ0) is 25.7. The highest BCUT2D eigenvalue weighted by molar-refractivity contribution is 6.35. The average Bonchev–Trinajstić information content (AvgIpc) is 2.89. The number of anilines is 1. The molecule has 1 aromatic heterocycles. The van der Waals surface area contributed by atoms with E-state index in [0.29, 0.717) is 48.9 Å². The lowest BCUT2D eigenvalue weighted by Crippen LogP contribution is -2.49. The Labute approximate surface area is 221 Å². The maximum Gasteiger partial charge on any atom is 0.251 e. The topological polar surface area (TPSA) is 74.8 Å². The Bertz CT molecular complexity index is 1200. The fraction of sp³-hybridized carbons (Fsp3) is 0.296. The minimum Gasteiger partial charge on any atom is -0.497 e. The molecule has 0 spiro atoms. The minimum atomic E-state index is -0.129. The van der Waals surface area contributed by atoms with E-state index in [-0.39, 0.29) is 23.4 Å². The van der Waals surface area contributed by atoms with E-state index in [1.165, 1.54) is 0 Å². The highest BCUT2D eigenvalue weighted by Crippen LogP contribution is 2.25. The SMILES string of the molecule is COc1ccc(CNC(=O)c2ccc(N3CCN(C(=O)Cc4c(Cl)cc(C)nc4Cl)CC3)cc2)cc1. The fourth-order valence-corrected chi connectivity index (χ4v) is 4.77. The first-order valence-corrected chi connectivity index (χ1v) is 12.4. The summed E-state index contributed by atoms with van der Waals surface area (Å²) in [7, 11) is 1.62. The molecule has 2 heterocycles. The van der Waals surface area contributed by atoms with Gasteiger partial charge in [-0.1, -0.05) is 35.3 Å². The molecule has 1 aliphatic heterocycles. The van der Waals surface area contributed by atoms with Gasteiger partial charge in [0, 0.05) is 60.3 Å². The molecular formula is C27H28Cl2N4O3. The van der Waals surface area contributed by atoms with E-state index in [0.717, 1.165) is 22.7 Å². The molecule has 0 unspecified atom stereocenters.